The summed E-state index contributed by atoms with van der Waals surface area (Å²) in [5.41, 5.74) is 4.05. The zero-order chi connectivity index (χ0) is 22.1. The monoisotopic (exact) mass is 443 g/mol. The maximum atomic E-state index is 13.2. The summed E-state index contributed by atoms with van der Waals surface area (Å²) >= 11 is 1.15. The molecule has 0 saturated carbocycles. The molecule has 31 heavy (non-hydrogen) atoms. The van der Waals surface area contributed by atoms with E-state index in [9.17, 15) is 14.4 Å². The van der Waals surface area contributed by atoms with Crippen LogP contribution in [-0.2, 0) is 9.59 Å². The molecule has 8 nitrogen and oxygen atoms in total. The summed E-state index contributed by atoms with van der Waals surface area (Å²) < 4.78 is 3.03. The Morgan fingerprint density at radius 3 is 2.61 bits per heavy atom. The Morgan fingerprint density at radius 2 is 1.90 bits per heavy atom. The number of piperazine rings is 1. The first-order valence-corrected chi connectivity index (χ1v) is 11.6. The zero-order valence-electron chi connectivity index (χ0n) is 18.2. The Hall–Kier alpha value is -2.52. The summed E-state index contributed by atoms with van der Waals surface area (Å²) in [6.45, 7) is 9.27. The number of hydrogen-bond donors (Lipinski definition) is 2. The van der Waals surface area contributed by atoms with Crippen LogP contribution in [0, 0.1) is 13.8 Å². The first-order valence-electron chi connectivity index (χ1n) is 10.8. The third-order valence-corrected chi connectivity index (χ3v) is 6.97. The summed E-state index contributed by atoms with van der Waals surface area (Å²) in [7, 11) is 0. The van der Waals surface area contributed by atoms with Crippen LogP contribution < -0.4 is 14.9 Å². The van der Waals surface area contributed by atoms with Crippen molar-refractivity contribution >= 4 is 35.5 Å². The van der Waals surface area contributed by atoms with Gasteiger partial charge in [0.25, 0.3) is 11.8 Å². The number of imide groups is 1. The molecule has 3 aliphatic heterocycles. The van der Waals surface area contributed by atoms with E-state index in [0.29, 0.717) is 30.2 Å². The van der Waals surface area contributed by atoms with Gasteiger partial charge in [0.2, 0.25) is 0 Å². The number of anilines is 1. The molecule has 0 aliphatic carbocycles. The molecule has 0 radical (unpaired) electrons. The zero-order valence-corrected chi connectivity index (χ0v) is 19.1. The lowest BCUT2D eigenvalue weighted by Crippen LogP contribution is -2.58. The Balaban J connectivity index is 1.44. The predicted molar refractivity (Wildman–Crippen MR) is 121 cm³/mol. The summed E-state index contributed by atoms with van der Waals surface area (Å²) in [6, 6.07) is 5.30. The molecule has 4 amide bonds. The van der Waals surface area contributed by atoms with Crippen LogP contribution in [0.1, 0.15) is 30.9 Å². The highest BCUT2D eigenvalue weighted by Crippen LogP contribution is 2.32. The number of benzene rings is 1. The van der Waals surface area contributed by atoms with E-state index in [1.54, 1.807) is 4.90 Å². The number of aryl methyl sites for hydroxylation is 2. The van der Waals surface area contributed by atoms with Crippen LogP contribution in [0.4, 0.5) is 10.5 Å². The van der Waals surface area contributed by atoms with Gasteiger partial charge in [-0.2, -0.15) is 0 Å². The van der Waals surface area contributed by atoms with Gasteiger partial charge in [-0.15, -0.1) is 0 Å². The fraction of sp³-hybridized carbons (Fsp3) is 0.500. The average Bonchev–Trinajstić information content (AvgIpc) is 3.19. The molecule has 166 valence electrons. The van der Waals surface area contributed by atoms with Gasteiger partial charge in [0.05, 0.1) is 5.70 Å². The van der Waals surface area contributed by atoms with E-state index in [4.69, 9.17) is 0 Å². The number of unbranched alkanes of at least 4 members (excludes halogenated alkanes) is 1. The lowest BCUT2D eigenvalue weighted by molar-refractivity contribution is -0.130. The van der Waals surface area contributed by atoms with E-state index in [1.165, 1.54) is 21.7 Å². The molecule has 2 saturated heterocycles. The Bertz CT molecular complexity index is 939. The van der Waals surface area contributed by atoms with Crippen LogP contribution in [-0.4, -0.2) is 66.4 Å². The molecule has 2 N–H and O–H groups in total. The van der Waals surface area contributed by atoms with Crippen molar-refractivity contribution in [2.75, 3.05) is 37.6 Å². The van der Waals surface area contributed by atoms with E-state index in [2.05, 4.69) is 47.0 Å². The van der Waals surface area contributed by atoms with Gasteiger partial charge in [0.1, 0.15) is 10.9 Å². The van der Waals surface area contributed by atoms with Crippen molar-refractivity contribution in [2.45, 2.75) is 39.7 Å². The standard InChI is InChI=1S/C22H29N5O3S/c1-4-5-8-27-20(28)18-17(23-22(27)30)19(31-24-18)21(29)26-11-9-25(10-12-26)16-13-14(2)6-7-15(16)3/h6-7,13,18,24H,4-5,8-12H2,1-3H3,(H,23,30). The van der Waals surface area contributed by atoms with Crippen LogP contribution in [0.2, 0.25) is 0 Å². The van der Waals surface area contributed by atoms with Crippen LogP contribution in [0.5, 0.6) is 0 Å². The van der Waals surface area contributed by atoms with Gasteiger partial charge in [-0.1, -0.05) is 25.5 Å². The van der Waals surface area contributed by atoms with E-state index in [1.807, 2.05) is 6.92 Å². The van der Waals surface area contributed by atoms with Crippen LogP contribution in [0.15, 0.2) is 28.8 Å². The van der Waals surface area contributed by atoms with E-state index in [-0.39, 0.29) is 11.8 Å². The quantitative estimate of drug-likeness (QED) is 0.679. The molecule has 9 heteroatoms. The fourth-order valence-electron chi connectivity index (χ4n) is 4.15. The fourth-order valence-corrected chi connectivity index (χ4v) is 5.09. The Labute approximate surface area is 187 Å². The highest BCUT2D eigenvalue weighted by atomic mass is 32.2. The minimum absolute atomic E-state index is 0.134. The molecule has 1 atom stereocenters. The van der Waals surface area contributed by atoms with Crippen molar-refractivity contribution in [1.82, 2.24) is 19.8 Å². The first-order chi connectivity index (χ1) is 14.9. The number of nitrogens with zero attached hydrogens (tertiary/aromatic N) is 3. The largest absolute Gasteiger partial charge is 0.368 e. The van der Waals surface area contributed by atoms with Gasteiger partial charge in [0, 0.05) is 38.4 Å². The summed E-state index contributed by atoms with van der Waals surface area (Å²) in [6.07, 6.45) is 1.65. The van der Waals surface area contributed by atoms with E-state index in [0.717, 1.165) is 37.9 Å². The van der Waals surface area contributed by atoms with E-state index >= 15 is 0 Å². The van der Waals surface area contributed by atoms with Gasteiger partial charge in [-0.3, -0.25) is 14.5 Å². The molecule has 3 aliphatic rings. The molecule has 0 bridgehead atoms. The third kappa shape index (κ3) is 4.16. The van der Waals surface area contributed by atoms with Crippen LogP contribution in [0.25, 0.3) is 0 Å². The van der Waals surface area contributed by atoms with Crippen LogP contribution >= 0.6 is 11.9 Å². The number of rotatable bonds is 5. The van der Waals surface area contributed by atoms with E-state index < -0.39 is 12.1 Å². The minimum atomic E-state index is -0.672. The summed E-state index contributed by atoms with van der Waals surface area (Å²) in [5, 5.41) is 2.79. The molecule has 0 spiro atoms. The molecule has 2 fully saturated rings. The normalized spacial score (nSPS) is 21.5. The average molecular weight is 444 g/mol. The SMILES string of the molecule is CCCCN1C(=O)NC2=C(C(=O)N3CCN(c4cc(C)ccc4C)CC3)SNC2C1=O. The number of nitrogens with one attached hydrogen (secondary N) is 2. The maximum Gasteiger partial charge on any atom is 0.328 e. The smallest absolute Gasteiger partial charge is 0.328 e. The Morgan fingerprint density at radius 1 is 1.16 bits per heavy atom. The molecule has 1 unspecified atom stereocenters. The molecular weight excluding hydrogens is 414 g/mol. The molecule has 1 aromatic carbocycles. The second-order valence-electron chi connectivity index (χ2n) is 8.24. The van der Waals surface area contributed by atoms with Crippen molar-refractivity contribution < 1.29 is 14.4 Å². The number of fused-ring (bicyclic) bond motifs is 1. The number of amides is 4. The lowest BCUT2D eigenvalue weighted by Gasteiger charge is -2.37. The van der Waals surface area contributed by atoms with Gasteiger partial charge < -0.3 is 15.1 Å². The Kier molecular flexibility index (Phi) is 6.24. The van der Waals surface area contributed by atoms with Gasteiger partial charge in [-0.05, 0) is 49.4 Å². The van der Waals surface area contributed by atoms with Gasteiger partial charge in [-0.25, -0.2) is 9.52 Å². The molecule has 3 heterocycles. The maximum absolute atomic E-state index is 13.2. The number of urea groups is 1. The molecule has 4 rings (SSSR count). The molecule has 1 aromatic rings. The number of hydrogen-bond acceptors (Lipinski definition) is 6. The molecular formula is C22H29N5O3S. The second-order valence-corrected chi connectivity index (χ2v) is 9.09. The highest BCUT2D eigenvalue weighted by Gasteiger charge is 2.44. The number of carbonyl (C=O) groups is 3. The van der Waals surface area contributed by atoms with Gasteiger partial charge in [0.15, 0.2) is 0 Å². The summed E-state index contributed by atoms with van der Waals surface area (Å²) in [5.74, 6) is -0.423. The lowest BCUT2D eigenvalue weighted by atomic mass is 10.1. The van der Waals surface area contributed by atoms with Crippen molar-refractivity contribution in [1.29, 1.82) is 0 Å². The van der Waals surface area contributed by atoms with Crippen molar-refractivity contribution in [3.63, 3.8) is 0 Å². The van der Waals surface area contributed by atoms with Crippen LogP contribution in [0.3, 0.4) is 0 Å². The highest BCUT2D eigenvalue weighted by molar-refractivity contribution is 8.02. The summed E-state index contributed by atoms with van der Waals surface area (Å²) in [4.78, 5) is 44.2. The third-order valence-electron chi connectivity index (χ3n) is 6.01. The predicted octanol–water partition coefficient (Wildman–Crippen LogP) is 2.14. The number of carbonyl (C=O) groups excluding carboxylic acids is 3. The van der Waals surface area contributed by atoms with Gasteiger partial charge >= 0.3 is 6.03 Å². The second kappa shape index (κ2) is 8.92. The van der Waals surface area contributed by atoms with Crippen molar-refractivity contribution in [3.8, 4) is 0 Å². The topological polar surface area (TPSA) is 85.0 Å². The molecule has 0 aromatic heterocycles. The van der Waals surface area contributed by atoms with Crippen molar-refractivity contribution in [2.24, 2.45) is 0 Å². The minimum Gasteiger partial charge on any atom is -0.368 e. The first kappa shape index (κ1) is 21.7. The van der Waals surface area contributed by atoms with Crippen molar-refractivity contribution in [3.05, 3.63) is 39.9 Å².